The predicted molar refractivity (Wildman–Crippen MR) is 161 cm³/mol. The Hall–Kier alpha value is -4.56. The summed E-state index contributed by atoms with van der Waals surface area (Å²) in [4.78, 5) is 27.7. The van der Waals surface area contributed by atoms with Gasteiger partial charge in [0.05, 0.1) is 29.1 Å². The minimum absolute atomic E-state index is 0.0366. The zero-order valence-corrected chi connectivity index (χ0v) is 24.6. The van der Waals surface area contributed by atoms with Crippen LogP contribution in [0.2, 0.25) is 5.02 Å². The lowest BCUT2D eigenvalue weighted by Crippen LogP contribution is -2.52. The summed E-state index contributed by atoms with van der Waals surface area (Å²) in [6, 6.07) is 19.9. The van der Waals surface area contributed by atoms with Crippen molar-refractivity contribution >= 4 is 34.9 Å². The maximum Gasteiger partial charge on any atom is 0.345 e. The number of rotatable bonds is 7. The first-order chi connectivity index (χ1) is 20.0. The predicted octanol–water partition coefficient (Wildman–Crippen LogP) is 7.43. The fourth-order valence-corrected chi connectivity index (χ4v) is 5.27. The van der Waals surface area contributed by atoms with Crippen molar-refractivity contribution in [2.75, 3.05) is 24.4 Å². The third-order valence-corrected chi connectivity index (χ3v) is 7.52. The molecule has 1 aliphatic heterocycles. The van der Waals surface area contributed by atoms with Crippen LogP contribution in [0.4, 0.5) is 15.8 Å². The molecule has 0 fully saturated rings. The van der Waals surface area contributed by atoms with E-state index in [-0.39, 0.29) is 28.8 Å². The Morgan fingerprint density at radius 2 is 1.74 bits per heavy atom. The Morgan fingerprint density at radius 1 is 1.00 bits per heavy atom. The van der Waals surface area contributed by atoms with Crippen molar-refractivity contribution in [3.63, 3.8) is 0 Å². The molecule has 0 spiro atoms. The van der Waals surface area contributed by atoms with Crippen molar-refractivity contribution in [1.82, 2.24) is 0 Å². The minimum Gasteiger partial charge on any atom is -0.496 e. The van der Waals surface area contributed by atoms with Gasteiger partial charge < -0.3 is 24.4 Å². The second kappa shape index (κ2) is 11.4. The maximum absolute atomic E-state index is 14.0. The molecular weight excluding hydrogens is 559 g/mol. The standard InChI is InChI=1S/C33H30ClFN2O5/c1-19-10-11-20(35)16-28(19)41-18-25-22(14-15-27-30(25)37(4)32(39)33(2,3)36-27)23-13-12-21(17-29(23)40-5)42-31(38)24-8-6-7-9-26(24)34/h6-17,36H,18H2,1-5H3. The summed E-state index contributed by atoms with van der Waals surface area (Å²) in [5, 5.41) is 3.61. The average Bonchev–Trinajstić information content (AvgIpc) is 2.96. The number of nitrogens with one attached hydrogen (secondary N) is 1. The highest BCUT2D eigenvalue weighted by molar-refractivity contribution is 6.33. The molecule has 0 unspecified atom stereocenters. The lowest BCUT2D eigenvalue weighted by Gasteiger charge is -2.39. The molecule has 0 saturated heterocycles. The number of anilines is 2. The second-order valence-electron chi connectivity index (χ2n) is 10.5. The van der Waals surface area contributed by atoms with Crippen molar-refractivity contribution in [2.24, 2.45) is 0 Å². The van der Waals surface area contributed by atoms with Gasteiger partial charge in [0.1, 0.15) is 35.2 Å². The smallest absolute Gasteiger partial charge is 0.345 e. The first kappa shape index (κ1) is 29.0. The van der Waals surface area contributed by atoms with Crippen LogP contribution in [-0.2, 0) is 11.4 Å². The van der Waals surface area contributed by atoms with Crippen LogP contribution < -0.4 is 24.4 Å². The lowest BCUT2D eigenvalue weighted by molar-refractivity contribution is -0.121. The van der Waals surface area contributed by atoms with Crippen molar-refractivity contribution < 1.29 is 28.2 Å². The number of fused-ring (bicyclic) bond motifs is 1. The van der Waals surface area contributed by atoms with E-state index in [9.17, 15) is 14.0 Å². The summed E-state index contributed by atoms with van der Waals surface area (Å²) in [6.45, 7) is 5.51. The number of esters is 1. The summed E-state index contributed by atoms with van der Waals surface area (Å²) in [5.41, 5.74) is 3.69. The molecule has 216 valence electrons. The molecule has 42 heavy (non-hydrogen) atoms. The first-order valence-corrected chi connectivity index (χ1v) is 13.6. The van der Waals surface area contributed by atoms with Crippen molar-refractivity contribution in [3.8, 4) is 28.4 Å². The molecule has 0 saturated carbocycles. The molecule has 1 aliphatic rings. The number of carbonyl (C=O) groups excluding carboxylic acids is 2. The lowest BCUT2D eigenvalue weighted by atomic mass is 9.91. The SMILES string of the molecule is COc1cc(OC(=O)c2ccccc2Cl)ccc1-c1ccc2c(c1COc1cc(F)ccc1C)N(C)C(=O)C(C)(C)N2. The average molecular weight is 589 g/mol. The number of methoxy groups -OCH3 is 1. The van der Waals surface area contributed by atoms with E-state index in [0.29, 0.717) is 28.3 Å². The van der Waals surface area contributed by atoms with E-state index in [4.69, 9.17) is 25.8 Å². The van der Waals surface area contributed by atoms with E-state index in [1.54, 1.807) is 60.5 Å². The molecular formula is C33H30ClFN2O5. The van der Waals surface area contributed by atoms with Crippen molar-refractivity contribution in [2.45, 2.75) is 32.9 Å². The van der Waals surface area contributed by atoms with E-state index in [0.717, 1.165) is 16.8 Å². The summed E-state index contributed by atoms with van der Waals surface area (Å²) >= 11 is 6.17. The van der Waals surface area contributed by atoms with E-state index < -0.39 is 17.3 Å². The molecule has 0 aliphatic carbocycles. The van der Waals surface area contributed by atoms with Crippen LogP contribution in [0.15, 0.2) is 72.8 Å². The zero-order chi connectivity index (χ0) is 30.2. The Bertz CT molecular complexity index is 1700. The van der Waals surface area contributed by atoms with Gasteiger partial charge in [-0.25, -0.2) is 9.18 Å². The number of halogens is 2. The van der Waals surface area contributed by atoms with Crippen LogP contribution in [0.1, 0.15) is 35.3 Å². The molecule has 0 bridgehead atoms. The highest BCUT2D eigenvalue weighted by Gasteiger charge is 2.38. The van der Waals surface area contributed by atoms with Crippen LogP contribution in [0.25, 0.3) is 11.1 Å². The van der Waals surface area contributed by atoms with Crippen LogP contribution in [0, 0.1) is 12.7 Å². The van der Waals surface area contributed by atoms with Gasteiger partial charge in [-0.2, -0.15) is 0 Å². The Labute approximate surface area is 248 Å². The summed E-state index contributed by atoms with van der Waals surface area (Å²) < 4.78 is 31.5. The van der Waals surface area contributed by atoms with Crippen molar-refractivity contribution in [3.05, 3.63) is 100 Å². The highest BCUT2D eigenvalue weighted by Crippen LogP contribution is 2.45. The molecule has 0 aromatic heterocycles. The normalized spacial score (nSPS) is 13.7. The molecule has 4 aromatic carbocycles. The molecule has 1 amide bonds. The van der Waals surface area contributed by atoms with Gasteiger partial charge in [0, 0.05) is 30.3 Å². The number of nitrogens with zero attached hydrogens (tertiary/aromatic N) is 1. The van der Waals surface area contributed by atoms with E-state index >= 15 is 0 Å². The molecule has 0 radical (unpaired) electrons. The topological polar surface area (TPSA) is 77.1 Å². The largest absolute Gasteiger partial charge is 0.496 e. The minimum atomic E-state index is -0.814. The summed E-state index contributed by atoms with van der Waals surface area (Å²) in [7, 11) is 3.24. The van der Waals surface area contributed by atoms with Gasteiger partial charge in [0.15, 0.2) is 0 Å². The number of benzene rings is 4. The third kappa shape index (κ3) is 5.50. The quantitative estimate of drug-likeness (QED) is 0.179. The van der Waals surface area contributed by atoms with Gasteiger partial charge in [-0.15, -0.1) is 0 Å². The number of aryl methyl sites for hydroxylation is 1. The molecule has 5 rings (SSSR count). The molecule has 9 heteroatoms. The second-order valence-corrected chi connectivity index (χ2v) is 10.9. The molecule has 1 N–H and O–H groups in total. The van der Waals surface area contributed by atoms with E-state index in [2.05, 4.69) is 5.32 Å². The van der Waals surface area contributed by atoms with Gasteiger partial charge in [0.2, 0.25) is 0 Å². The third-order valence-electron chi connectivity index (χ3n) is 7.19. The number of hydrogen-bond donors (Lipinski definition) is 1. The van der Waals surface area contributed by atoms with Crippen LogP contribution in [0.5, 0.6) is 17.2 Å². The van der Waals surface area contributed by atoms with Crippen LogP contribution >= 0.6 is 11.6 Å². The first-order valence-electron chi connectivity index (χ1n) is 13.3. The van der Waals surface area contributed by atoms with E-state index in [1.807, 2.05) is 32.9 Å². The number of carbonyl (C=O) groups is 2. The number of ether oxygens (including phenoxy) is 3. The fourth-order valence-electron chi connectivity index (χ4n) is 5.06. The van der Waals surface area contributed by atoms with Gasteiger partial charge in [-0.3, -0.25) is 4.79 Å². The van der Waals surface area contributed by atoms with E-state index in [1.165, 1.54) is 19.2 Å². The zero-order valence-electron chi connectivity index (χ0n) is 23.9. The van der Waals surface area contributed by atoms with Gasteiger partial charge in [0.25, 0.3) is 5.91 Å². The Morgan fingerprint density at radius 3 is 2.48 bits per heavy atom. The molecule has 1 heterocycles. The van der Waals surface area contributed by atoms with Crippen LogP contribution in [0.3, 0.4) is 0 Å². The number of hydrogen-bond acceptors (Lipinski definition) is 6. The molecule has 7 nitrogen and oxygen atoms in total. The number of amides is 1. The summed E-state index contributed by atoms with van der Waals surface area (Å²) in [5.74, 6) is -0.0413. The summed E-state index contributed by atoms with van der Waals surface area (Å²) in [6.07, 6.45) is 0. The van der Waals surface area contributed by atoms with Gasteiger partial charge in [-0.1, -0.05) is 35.9 Å². The fraction of sp³-hybridized carbons (Fsp3) is 0.212. The van der Waals surface area contributed by atoms with Gasteiger partial charge in [-0.05, 0) is 68.3 Å². The maximum atomic E-state index is 14.0. The van der Waals surface area contributed by atoms with Crippen LogP contribution in [-0.4, -0.2) is 31.6 Å². The highest BCUT2D eigenvalue weighted by atomic mass is 35.5. The number of likely N-dealkylation sites (N-methyl/N-ethyl adjacent to an activating group) is 1. The molecule has 0 atom stereocenters. The Kier molecular flexibility index (Phi) is 7.84. The Balaban J connectivity index is 1.58. The molecule has 4 aromatic rings. The van der Waals surface area contributed by atoms with Crippen molar-refractivity contribution in [1.29, 1.82) is 0 Å². The monoisotopic (exact) mass is 588 g/mol. The van der Waals surface area contributed by atoms with Gasteiger partial charge >= 0.3 is 5.97 Å².